The normalized spacial score (nSPS) is 19.0. The van der Waals surface area contributed by atoms with Crippen molar-refractivity contribution in [3.05, 3.63) is 108 Å². The maximum Gasteiger partial charge on any atom is 0.418 e. The van der Waals surface area contributed by atoms with Crippen molar-refractivity contribution in [2.75, 3.05) is 16.8 Å². The second kappa shape index (κ2) is 11.9. The summed E-state index contributed by atoms with van der Waals surface area (Å²) in [4.78, 5) is 67.0. The van der Waals surface area contributed by atoms with Crippen molar-refractivity contribution in [2.45, 2.75) is 22.4 Å². The lowest BCUT2D eigenvalue weighted by Crippen LogP contribution is -2.32. The summed E-state index contributed by atoms with van der Waals surface area (Å²) in [5, 5.41) is 12.9. The van der Waals surface area contributed by atoms with Crippen LogP contribution in [0, 0.1) is 16.0 Å². The molecule has 0 spiro atoms. The number of aromatic nitrogens is 1. The van der Waals surface area contributed by atoms with E-state index in [2.05, 4.69) is 10.3 Å². The van der Waals surface area contributed by atoms with Gasteiger partial charge < -0.3 is 15.0 Å². The lowest BCUT2D eigenvalue weighted by Gasteiger charge is -2.31. The van der Waals surface area contributed by atoms with Crippen LogP contribution in [0.25, 0.3) is 0 Å². The van der Waals surface area contributed by atoms with Gasteiger partial charge in [-0.3, -0.25) is 29.3 Å². The Morgan fingerprint density at radius 3 is 2.48 bits per heavy atom. The number of nitro groups is 1. The SMILES string of the molecule is O=C(COc1ccc(Cl)cc1[C@@H]1c2sc(=O)[nH]c2S[C@H]2C(=O)N(c3ccc([N+](=O)[O-])cc3)C(=O)[C@@H]12)Nc1ccccc1C(F)(F)F. The fourth-order valence-corrected chi connectivity index (χ4v) is 8.08. The molecule has 236 valence electrons. The van der Waals surface area contributed by atoms with Gasteiger partial charge in [0.05, 0.1) is 32.8 Å². The van der Waals surface area contributed by atoms with Crippen molar-refractivity contribution in [3.8, 4) is 5.75 Å². The molecule has 4 aromatic rings. The summed E-state index contributed by atoms with van der Waals surface area (Å²) in [5.41, 5.74) is -1.37. The molecule has 3 aromatic carbocycles. The number of halogens is 4. The van der Waals surface area contributed by atoms with Crippen LogP contribution in [0.4, 0.5) is 30.2 Å². The molecule has 3 heterocycles. The number of carbonyl (C=O) groups is 3. The highest BCUT2D eigenvalue weighted by Gasteiger charge is 2.57. The zero-order chi connectivity index (χ0) is 32.9. The second-order valence-corrected chi connectivity index (χ2v) is 12.7. The maximum atomic E-state index is 14.0. The van der Waals surface area contributed by atoms with Gasteiger partial charge in [0.1, 0.15) is 11.0 Å². The van der Waals surface area contributed by atoms with E-state index in [-0.39, 0.29) is 27.7 Å². The molecule has 0 radical (unpaired) electrons. The number of anilines is 2. The molecule has 0 unspecified atom stereocenters. The predicted molar refractivity (Wildman–Crippen MR) is 163 cm³/mol. The zero-order valence-electron chi connectivity index (χ0n) is 22.9. The van der Waals surface area contributed by atoms with Crippen LogP contribution in [0.15, 0.2) is 76.6 Å². The molecular formula is C29H18ClF3N4O7S2. The number of hydrogen-bond donors (Lipinski definition) is 2. The van der Waals surface area contributed by atoms with Gasteiger partial charge in [0, 0.05) is 33.5 Å². The van der Waals surface area contributed by atoms with Crippen LogP contribution >= 0.6 is 34.7 Å². The lowest BCUT2D eigenvalue weighted by atomic mass is 9.82. The number of ether oxygens (including phenoxy) is 1. The van der Waals surface area contributed by atoms with Gasteiger partial charge in [-0.1, -0.05) is 46.8 Å². The molecule has 2 aliphatic rings. The van der Waals surface area contributed by atoms with Crippen LogP contribution in [0.1, 0.15) is 21.9 Å². The van der Waals surface area contributed by atoms with Crippen molar-refractivity contribution in [1.82, 2.24) is 4.98 Å². The quantitative estimate of drug-likeness (QED) is 0.140. The first-order valence-electron chi connectivity index (χ1n) is 13.2. The number of para-hydroxylation sites is 1. The minimum Gasteiger partial charge on any atom is -0.483 e. The Hall–Kier alpha value is -4.67. The Labute approximate surface area is 269 Å². The summed E-state index contributed by atoms with van der Waals surface area (Å²) in [7, 11) is 0. The molecule has 17 heteroatoms. The number of nitrogens with one attached hydrogen (secondary N) is 2. The molecule has 2 aliphatic heterocycles. The van der Waals surface area contributed by atoms with E-state index in [0.29, 0.717) is 9.90 Å². The van der Waals surface area contributed by atoms with E-state index in [9.17, 15) is 42.5 Å². The number of nitrogens with zero attached hydrogens (tertiary/aromatic N) is 2. The molecule has 0 bridgehead atoms. The number of nitro benzene ring substituents is 1. The molecule has 3 amide bonds. The van der Waals surface area contributed by atoms with Crippen LogP contribution in [0.2, 0.25) is 5.02 Å². The van der Waals surface area contributed by atoms with Gasteiger partial charge in [0.15, 0.2) is 6.61 Å². The number of H-pyrrole nitrogens is 1. The summed E-state index contributed by atoms with van der Waals surface area (Å²) in [6, 6.07) is 13.7. The van der Waals surface area contributed by atoms with Gasteiger partial charge in [0.25, 0.3) is 11.6 Å². The number of alkyl halides is 3. The first kappa shape index (κ1) is 31.3. The molecule has 3 atom stereocenters. The third kappa shape index (κ3) is 5.74. The van der Waals surface area contributed by atoms with Gasteiger partial charge >= 0.3 is 11.0 Å². The molecule has 1 fully saturated rings. The molecule has 1 aromatic heterocycles. The summed E-state index contributed by atoms with van der Waals surface area (Å²) >= 11 is 8.16. The molecular weight excluding hydrogens is 673 g/mol. The Morgan fingerprint density at radius 1 is 1.07 bits per heavy atom. The number of thiazole rings is 1. The lowest BCUT2D eigenvalue weighted by molar-refractivity contribution is -0.384. The van der Waals surface area contributed by atoms with Crippen LogP contribution in [0.5, 0.6) is 5.75 Å². The van der Waals surface area contributed by atoms with Gasteiger partial charge in [-0.05, 0) is 42.5 Å². The summed E-state index contributed by atoms with van der Waals surface area (Å²) in [5.74, 6) is -4.16. The minimum atomic E-state index is -4.72. The van der Waals surface area contributed by atoms with Crippen LogP contribution in [-0.2, 0) is 20.6 Å². The molecule has 0 saturated carbocycles. The highest BCUT2D eigenvalue weighted by Crippen LogP contribution is 2.55. The van der Waals surface area contributed by atoms with Crippen LogP contribution in [0.3, 0.4) is 0 Å². The van der Waals surface area contributed by atoms with Crippen LogP contribution < -0.4 is 19.8 Å². The van der Waals surface area contributed by atoms with Crippen molar-refractivity contribution >= 4 is 69.5 Å². The number of thioether (sulfide) groups is 1. The smallest absolute Gasteiger partial charge is 0.418 e. The van der Waals surface area contributed by atoms with Gasteiger partial charge in [-0.2, -0.15) is 13.2 Å². The van der Waals surface area contributed by atoms with Crippen molar-refractivity contribution in [1.29, 1.82) is 0 Å². The third-order valence-corrected chi connectivity index (χ3v) is 9.95. The fraction of sp³-hybridized carbons (Fsp3) is 0.172. The van der Waals surface area contributed by atoms with Crippen molar-refractivity contribution in [3.63, 3.8) is 0 Å². The average molecular weight is 691 g/mol. The zero-order valence-corrected chi connectivity index (χ0v) is 25.3. The molecule has 6 rings (SSSR count). The van der Waals surface area contributed by atoms with E-state index in [0.717, 1.165) is 52.3 Å². The highest BCUT2D eigenvalue weighted by molar-refractivity contribution is 8.00. The molecule has 11 nitrogen and oxygen atoms in total. The average Bonchev–Trinajstić information content (AvgIpc) is 3.50. The number of rotatable bonds is 7. The van der Waals surface area contributed by atoms with Crippen molar-refractivity contribution in [2.24, 2.45) is 5.92 Å². The van der Waals surface area contributed by atoms with Crippen LogP contribution in [-0.4, -0.2) is 39.5 Å². The number of benzene rings is 3. The molecule has 0 aliphatic carbocycles. The highest BCUT2D eigenvalue weighted by atomic mass is 35.5. The Kier molecular flexibility index (Phi) is 8.12. The number of imide groups is 1. The number of aromatic amines is 1. The Morgan fingerprint density at radius 2 is 1.78 bits per heavy atom. The standard InChI is InChI=1S/C29H18ClF3N4O7S2/c30-13-5-10-19(44-12-20(38)34-18-4-2-1-3-17(18)29(31,32)33)16(11-13)21-22-24(45-25-23(21)46-28(41)35-25)27(40)36(26(22)39)14-6-8-15(9-7-14)37(42)43/h1-11,21-22,24H,12H2,(H,34,38)(H,35,41)/t21-,22-,24+/m0/s1. The monoisotopic (exact) mass is 690 g/mol. The summed E-state index contributed by atoms with van der Waals surface area (Å²) in [6.07, 6.45) is -4.72. The number of non-ortho nitro benzene ring substituents is 1. The van der Waals surface area contributed by atoms with E-state index in [1.807, 2.05) is 0 Å². The van der Waals surface area contributed by atoms with E-state index in [1.165, 1.54) is 42.5 Å². The summed E-state index contributed by atoms with van der Waals surface area (Å²) < 4.78 is 46.0. The Balaban J connectivity index is 1.34. The van der Waals surface area contributed by atoms with Gasteiger partial charge in [-0.25, -0.2) is 4.90 Å². The van der Waals surface area contributed by atoms with Crippen molar-refractivity contribution < 1.29 is 37.2 Å². The number of carbonyl (C=O) groups excluding carboxylic acids is 3. The first-order valence-corrected chi connectivity index (χ1v) is 15.3. The third-order valence-electron chi connectivity index (χ3n) is 7.31. The van der Waals surface area contributed by atoms with E-state index in [4.69, 9.17) is 16.3 Å². The van der Waals surface area contributed by atoms with E-state index < -0.39 is 68.6 Å². The second-order valence-electron chi connectivity index (χ2n) is 10.1. The summed E-state index contributed by atoms with van der Waals surface area (Å²) in [6.45, 7) is -0.728. The number of amides is 3. The Bertz CT molecular complexity index is 1970. The largest absolute Gasteiger partial charge is 0.483 e. The minimum absolute atomic E-state index is 0.0418. The molecule has 46 heavy (non-hydrogen) atoms. The van der Waals surface area contributed by atoms with Gasteiger partial charge in [-0.15, -0.1) is 0 Å². The topological polar surface area (TPSA) is 152 Å². The molecule has 1 saturated heterocycles. The molecule has 2 N–H and O–H groups in total. The predicted octanol–water partition coefficient (Wildman–Crippen LogP) is 5.83. The van der Waals surface area contributed by atoms with E-state index in [1.54, 1.807) is 0 Å². The number of hydrogen-bond acceptors (Lipinski definition) is 9. The first-order chi connectivity index (χ1) is 21.8. The van der Waals surface area contributed by atoms with E-state index >= 15 is 0 Å². The van der Waals surface area contributed by atoms with Gasteiger partial charge in [0.2, 0.25) is 11.8 Å². The number of fused-ring (bicyclic) bond motifs is 2. The maximum absolute atomic E-state index is 14.0. The fourth-order valence-electron chi connectivity index (χ4n) is 5.39.